The lowest BCUT2D eigenvalue weighted by atomic mass is 10.1. The lowest BCUT2D eigenvalue weighted by Gasteiger charge is -2.28. The van der Waals surface area contributed by atoms with Crippen LogP contribution in [0.1, 0.15) is 40.6 Å². The molecule has 1 aromatic heterocycles. The molecule has 2 heterocycles. The van der Waals surface area contributed by atoms with Crippen LogP contribution in [0.25, 0.3) is 11.0 Å². The monoisotopic (exact) mass is 469 g/mol. The van der Waals surface area contributed by atoms with E-state index in [-0.39, 0.29) is 29.2 Å². The minimum atomic E-state index is -3.22. The molecular weight excluding hydrogens is 442 g/mol. The van der Waals surface area contributed by atoms with Gasteiger partial charge in [-0.2, -0.15) is 0 Å². The summed E-state index contributed by atoms with van der Waals surface area (Å²) in [6.07, 6.45) is 0.348. The minimum Gasteiger partial charge on any atom is -0.494 e. The van der Waals surface area contributed by atoms with Crippen molar-refractivity contribution in [2.75, 3.05) is 18.1 Å². The molecule has 8 heteroatoms. The van der Waals surface area contributed by atoms with Crippen LogP contribution in [0.15, 0.2) is 51.7 Å². The Balaban J connectivity index is 1.71. The van der Waals surface area contributed by atoms with Gasteiger partial charge in [0, 0.05) is 18.7 Å². The largest absolute Gasteiger partial charge is 0.494 e. The molecule has 7 nitrogen and oxygen atoms in total. The summed E-state index contributed by atoms with van der Waals surface area (Å²) in [5.41, 5.74) is 2.77. The number of fused-ring (bicyclic) bond motifs is 1. The lowest BCUT2D eigenvalue weighted by Crippen LogP contribution is -2.40. The molecule has 4 rings (SSSR count). The van der Waals surface area contributed by atoms with E-state index in [2.05, 4.69) is 0 Å². The minimum absolute atomic E-state index is 0.0326. The van der Waals surface area contributed by atoms with E-state index in [1.54, 1.807) is 12.1 Å². The highest BCUT2D eigenvalue weighted by Crippen LogP contribution is 2.25. The van der Waals surface area contributed by atoms with Crippen molar-refractivity contribution in [2.45, 2.75) is 39.8 Å². The van der Waals surface area contributed by atoms with E-state index in [1.807, 2.05) is 45.0 Å². The fourth-order valence-corrected chi connectivity index (χ4v) is 5.83. The van der Waals surface area contributed by atoms with Crippen LogP contribution in [0.2, 0.25) is 0 Å². The molecule has 0 saturated carbocycles. The highest BCUT2D eigenvalue weighted by atomic mass is 32.2. The summed E-state index contributed by atoms with van der Waals surface area (Å²) in [5.74, 6) is 0.0551. The zero-order valence-corrected chi connectivity index (χ0v) is 19.8. The topological polar surface area (TPSA) is 93.9 Å². The zero-order valence-electron chi connectivity index (χ0n) is 19.0. The first-order valence-corrected chi connectivity index (χ1v) is 12.8. The van der Waals surface area contributed by atoms with Crippen LogP contribution in [0.5, 0.6) is 5.75 Å². The zero-order chi connectivity index (χ0) is 23.8. The van der Waals surface area contributed by atoms with Crippen LogP contribution in [0, 0.1) is 13.8 Å². The van der Waals surface area contributed by atoms with Crippen molar-refractivity contribution in [3.8, 4) is 5.75 Å². The number of sulfone groups is 1. The summed E-state index contributed by atoms with van der Waals surface area (Å²) in [7, 11) is -3.22. The van der Waals surface area contributed by atoms with Crippen LogP contribution in [-0.2, 0) is 16.4 Å². The van der Waals surface area contributed by atoms with Crippen molar-refractivity contribution < 1.29 is 22.4 Å². The molecule has 174 valence electrons. The van der Waals surface area contributed by atoms with Gasteiger partial charge in [0.05, 0.1) is 23.5 Å². The third kappa shape index (κ3) is 4.95. The highest BCUT2D eigenvalue weighted by Gasteiger charge is 2.36. The molecule has 1 saturated heterocycles. The number of nitrogens with zero attached hydrogens (tertiary/aromatic N) is 1. The predicted octanol–water partition coefficient (Wildman–Crippen LogP) is 3.64. The molecule has 2 aromatic carbocycles. The SMILES string of the molecule is CCOc1ccc(CN(C(=O)c2cc(=O)c3cc(C)c(C)cc3o2)[C@H]2CCS(=O)(=O)C2)cc1. The second kappa shape index (κ2) is 9.02. The quantitative estimate of drug-likeness (QED) is 0.547. The van der Waals surface area contributed by atoms with Gasteiger partial charge in [-0.3, -0.25) is 9.59 Å². The maximum absolute atomic E-state index is 13.5. The van der Waals surface area contributed by atoms with Crippen molar-refractivity contribution in [1.82, 2.24) is 4.90 Å². The standard InChI is InChI=1S/C25H27NO6S/c1-4-31-20-7-5-18(6-8-20)14-26(19-9-10-33(29,30)15-19)25(28)24-13-22(27)21-11-16(2)17(3)12-23(21)32-24/h5-8,11-13,19H,4,9-10,14-15H2,1-3H3/t19-/m0/s1. The summed E-state index contributed by atoms with van der Waals surface area (Å²) in [4.78, 5) is 27.8. The predicted molar refractivity (Wildman–Crippen MR) is 127 cm³/mol. The Morgan fingerprint density at radius 1 is 1.12 bits per heavy atom. The second-order valence-electron chi connectivity index (χ2n) is 8.47. The summed E-state index contributed by atoms with van der Waals surface area (Å²) in [5, 5.41) is 0.413. The van der Waals surface area contributed by atoms with E-state index in [0.29, 0.717) is 29.7 Å². The van der Waals surface area contributed by atoms with Crippen molar-refractivity contribution >= 4 is 26.7 Å². The van der Waals surface area contributed by atoms with Crippen LogP contribution in [0.3, 0.4) is 0 Å². The summed E-state index contributed by atoms with van der Waals surface area (Å²) in [6, 6.07) is 11.5. The fraction of sp³-hybridized carbons (Fsp3) is 0.360. The molecule has 0 unspecified atom stereocenters. The van der Waals surface area contributed by atoms with Crippen molar-refractivity contribution in [3.05, 3.63) is 75.1 Å². The van der Waals surface area contributed by atoms with Crippen LogP contribution >= 0.6 is 0 Å². The molecule has 1 amide bonds. The number of hydrogen-bond donors (Lipinski definition) is 0. The second-order valence-corrected chi connectivity index (χ2v) is 10.7. The molecule has 0 radical (unpaired) electrons. The van der Waals surface area contributed by atoms with E-state index >= 15 is 0 Å². The Bertz CT molecular complexity index is 1360. The summed E-state index contributed by atoms with van der Waals surface area (Å²) < 4.78 is 35.6. The number of benzene rings is 2. The van der Waals surface area contributed by atoms with Gasteiger partial charge < -0.3 is 14.1 Å². The van der Waals surface area contributed by atoms with Gasteiger partial charge in [-0.1, -0.05) is 12.1 Å². The van der Waals surface area contributed by atoms with Crippen molar-refractivity contribution in [1.29, 1.82) is 0 Å². The molecule has 1 aliphatic heterocycles. The molecule has 1 fully saturated rings. The van der Waals surface area contributed by atoms with Crippen LogP contribution in [-0.4, -0.2) is 43.4 Å². The molecule has 33 heavy (non-hydrogen) atoms. The van der Waals surface area contributed by atoms with Crippen LogP contribution in [0.4, 0.5) is 0 Å². The van der Waals surface area contributed by atoms with Crippen molar-refractivity contribution in [2.24, 2.45) is 0 Å². The van der Waals surface area contributed by atoms with Gasteiger partial charge >= 0.3 is 0 Å². The molecule has 0 N–H and O–H groups in total. The smallest absolute Gasteiger partial charge is 0.290 e. The van der Waals surface area contributed by atoms with Gasteiger partial charge in [0.1, 0.15) is 11.3 Å². The Morgan fingerprint density at radius 3 is 2.45 bits per heavy atom. The Kier molecular flexibility index (Phi) is 6.30. The van der Waals surface area contributed by atoms with E-state index in [4.69, 9.17) is 9.15 Å². The van der Waals surface area contributed by atoms with E-state index in [0.717, 1.165) is 16.7 Å². The first kappa shape index (κ1) is 23.0. The maximum Gasteiger partial charge on any atom is 0.290 e. The fourth-order valence-electron chi connectivity index (χ4n) is 4.10. The number of aryl methyl sites for hydroxylation is 2. The molecule has 0 spiro atoms. The van der Waals surface area contributed by atoms with Gasteiger partial charge in [0.15, 0.2) is 21.0 Å². The van der Waals surface area contributed by atoms with Gasteiger partial charge in [0.25, 0.3) is 5.91 Å². The molecular formula is C25H27NO6S. The normalized spacial score (nSPS) is 17.2. The number of carbonyl (C=O) groups is 1. The number of amides is 1. The van der Waals surface area contributed by atoms with Crippen LogP contribution < -0.4 is 10.2 Å². The van der Waals surface area contributed by atoms with Gasteiger partial charge in [-0.05, 0) is 68.1 Å². The number of hydrogen-bond acceptors (Lipinski definition) is 6. The number of ether oxygens (including phenoxy) is 1. The van der Waals surface area contributed by atoms with E-state index < -0.39 is 21.8 Å². The van der Waals surface area contributed by atoms with Gasteiger partial charge in [-0.15, -0.1) is 0 Å². The average Bonchev–Trinajstić information content (AvgIpc) is 3.13. The molecule has 0 bridgehead atoms. The molecule has 0 aliphatic carbocycles. The highest BCUT2D eigenvalue weighted by molar-refractivity contribution is 7.91. The Labute approximate surface area is 192 Å². The van der Waals surface area contributed by atoms with E-state index in [1.165, 1.54) is 11.0 Å². The first-order chi connectivity index (χ1) is 15.7. The number of rotatable bonds is 6. The van der Waals surface area contributed by atoms with Gasteiger partial charge in [-0.25, -0.2) is 8.42 Å². The average molecular weight is 470 g/mol. The molecule has 1 aliphatic rings. The Morgan fingerprint density at radius 2 is 1.82 bits per heavy atom. The lowest BCUT2D eigenvalue weighted by molar-refractivity contribution is 0.0648. The summed E-state index contributed by atoms with van der Waals surface area (Å²) >= 11 is 0. The third-order valence-electron chi connectivity index (χ3n) is 6.05. The third-order valence-corrected chi connectivity index (χ3v) is 7.80. The Hall–Kier alpha value is -3.13. The number of carbonyl (C=O) groups excluding carboxylic acids is 1. The maximum atomic E-state index is 13.5. The van der Waals surface area contributed by atoms with Gasteiger partial charge in [0.2, 0.25) is 0 Å². The van der Waals surface area contributed by atoms with Crippen molar-refractivity contribution in [3.63, 3.8) is 0 Å². The van der Waals surface area contributed by atoms with E-state index in [9.17, 15) is 18.0 Å². The molecule has 1 atom stereocenters. The summed E-state index contributed by atoms with van der Waals surface area (Å²) in [6.45, 7) is 6.45. The molecule has 3 aromatic rings. The first-order valence-electron chi connectivity index (χ1n) is 10.9.